The summed E-state index contributed by atoms with van der Waals surface area (Å²) in [5.41, 5.74) is 0.812. The van der Waals surface area contributed by atoms with E-state index >= 15 is 0 Å². The molecule has 2 aromatic carbocycles. The molecule has 0 aliphatic rings. The van der Waals surface area contributed by atoms with Crippen LogP contribution in [-0.2, 0) is 20.0 Å². The predicted octanol–water partition coefficient (Wildman–Crippen LogP) is 2.76. The van der Waals surface area contributed by atoms with Gasteiger partial charge >= 0.3 is 0 Å². The Labute approximate surface area is 153 Å². The molecule has 1 N–H and O–H groups in total. The van der Waals surface area contributed by atoms with Crippen LogP contribution in [0.3, 0.4) is 0 Å². The first-order valence-corrected chi connectivity index (χ1v) is 10.8. The SMILES string of the molecule is CC(NS(=O)(=O)c1ccn(S(=O)(=O)c2ccccc2)c1)c1ccccc1. The van der Waals surface area contributed by atoms with E-state index in [0.717, 1.165) is 15.7 Å². The monoisotopic (exact) mass is 390 g/mol. The maximum Gasteiger partial charge on any atom is 0.267 e. The van der Waals surface area contributed by atoms with Crippen molar-refractivity contribution in [3.8, 4) is 0 Å². The minimum Gasteiger partial charge on any atom is -0.248 e. The summed E-state index contributed by atoms with van der Waals surface area (Å²) >= 11 is 0. The van der Waals surface area contributed by atoms with Gasteiger partial charge in [-0.1, -0.05) is 48.5 Å². The first kappa shape index (κ1) is 18.4. The number of nitrogens with zero attached hydrogens (tertiary/aromatic N) is 1. The van der Waals surface area contributed by atoms with Crippen molar-refractivity contribution in [3.05, 3.63) is 84.7 Å². The molecule has 0 saturated heterocycles. The van der Waals surface area contributed by atoms with E-state index in [1.165, 1.54) is 24.4 Å². The lowest BCUT2D eigenvalue weighted by Crippen LogP contribution is -2.26. The smallest absolute Gasteiger partial charge is 0.248 e. The molecule has 26 heavy (non-hydrogen) atoms. The van der Waals surface area contributed by atoms with E-state index < -0.39 is 26.1 Å². The first-order valence-electron chi connectivity index (χ1n) is 7.86. The molecule has 3 aromatic rings. The fraction of sp³-hybridized carbons (Fsp3) is 0.111. The molecule has 0 aliphatic carbocycles. The quantitative estimate of drug-likeness (QED) is 0.701. The third-order valence-electron chi connectivity index (χ3n) is 3.90. The Morgan fingerprint density at radius 3 is 2.00 bits per heavy atom. The van der Waals surface area contributed by atoms with Gasteiger partial charge in [-0.15, -0.1) is 0 Å². The maximum atomic E-state index is 12.6. The highest BCUT2D eigenvalue weighted by atomic mass is 32.2. The van der Waals surface area contributed by atoms with Gasteiger partial charge in [0.15, 0.2) is 0 Å². The minimum atomic E-state index is -3.86. The van der Waals surface area contributed by atoms with Crippen molar-refractivity contribution < 1.29 is 16.8 Å². The number of hydrogen-bond donors (Lipinski definition) is 1. The van der Waals surface area contributed by atoms with E-state index in [1.807, 2.05) is 30.3 Å². The molecule has 0 amide bonds. The molecule has 6 nitrogen and oxygen atoms in total. The van der Waals surface area contributed by atoms with Crippen LogP contribution in [0.1, 0.15) is 18.5 Å². The predicted molar refractivity (Wildman–Crippen MR) is 98.6 cm³/mol. The van der Waals surface area contributed by atoms with E-state index in [2.05, 4.69) is 4.72 Å². The number of sulfonamides is 1. The zero-order valence-corrected chi connectivity index (χ0v) is 15.6. The minimum absolute atomic E-state index is 0.0881. The highest BCUT2D eigenvalue weighted by Gasteiger charge is 2.23. The first-order chi connectivity index (χ1) is 12.3. The maximum absolute atomic E-state index is 12.6. The summed E-state index contributed by atoms with van der Waals surface area (Å²) in [6.07, 6.45) is 2.33. The van der Waals surface area contributed by atoms with Crippen LogP contribution in [0, 0.1) is 0 Å². The Kier molecular flexibility index (Phi) is 4.99. The highest BCUT2D eigenvalue weighted by Crippen LogP contribution is 2.20. The molecule has 0 fully saturated rings. The number of hydrogen-bond acceptors (Lipinski definition) is 4. The average molecular weight is 390 g/mol. The van der Waals surface area contributed by atoms with Gasteiger partial charge in [0.25, 0.3) is 10.0 Å². The summed E-state index contributed by atoms with van der Waals surface area (Å²) in [5, 5.41) is 0. The van der Waals surface area contributed by atoms with Crippen molar-refractivity contribution >= 4 is 20.0 Å². The van der Waals surface area contributed by atoms with Crippen molar-refractivity contribution in [2.45, 2.75) is 22.8 Å². The number of aromatic nitrogens is 1. The van der Waals surface area contributed by atoms with E-state index in [4.69, 9.17) is 0 Å². The molecule has 0 aliphatic heterocycles. The van der Waals surface area contributed by atoms with Gasteiger partial charge in [0.05, 0.1) is 4.90 Å². The summed E-state index contributed by atoms with van der Waals surface area (Å²) in [6.45, 7) is 1.73. The van der Waals surface area contributed by atoms with Crippen molar-refractivity contribution in [1.82, 2.24) is 8.69 Å². The molecule has 1 heterocycles. The molecule has 3 rings (SSSR count). The largest absolute Gasteiger partial charge is 0.267 e. The van der Waals surface area contributed by atoms with Crippen LogP contribution >= 0.6 is 0 Å². The van der Waals surface area contributed by atoms with E-state index in [0.29, 0.717) is 0 Å². The Hall–Kier alpha value is -2.42. The lowest BCUT2D eigenvalue weighted by molar-refractivity contribution is 0.567. The second kappa shape index (κ2) is 7.06. The van der Waals surface area contributed by atoms with Crippen LogP contribution in [0.4, 0.5) is 0 Å². The molecule has 136 valence electrons. The molecular formula is C18H18N2O4S2. The lowest BCUT2D eigenvalue weighted by Gasteiger charge is -2.13. The van der Waals surface area contributed by atoms with Crippen molar-refractivity contribution in [1.29, 1.82) is 0 Å². The van der Waals surface area contributed by atoms with Gasteiger partial charge in [-0.25, -0.2) is 25.5 Å². The van der Waals surface area contributed by atoms with Gasteiger partial charge in [0.1, 0.15) is 4.90 Å². The third kappa shape index (κ3) is 3.72. The highest BCUT2D eigenvalue weighted by molar-refractivity contribution is 7.90. The second-order valence-corrected chi connectivity index (χ2v) is 9.31. The number of nitrogens with one attached hydrogen (secondary N) is 1. The Bertz CT molecular complexity index is 1090. The molecule has 1 aromatic heterocycles. The summed E-state index contributed by atoms with van der Waals surface area (Å²) in [4.78, 5) is -0.0232. The lowest BCUT2D eigenvalue weighted by atomic mass is 10.1. The van der Waals surface area contributed by atoms with Crippen molar-refractivity contribution in [2.75, 3.05) is 0 Å². The Morgan fingerprint density at radius 2 is 1.38 bits per heavy atom. The normalized spacial score (nSPS) is 13.4. The summed E-state index contributed by atoms with van der Waals surface area (Å²) in [6, 6.07) is 17.8. The molecule has 1 unspecified atom stereocenters. The van der Waals surface area contributed by atoms with Gasteiger partial charge in [0, 0.05) is 18.4 Å². The van der Waals surface area contributed by atoms with Gasteiger partial charge in [-0.05, 0) is 30.7 Å². The zero-order valence-electron chi connectivity index (χ0n) is 14.0. The fourth-order valence-electron chi connectivity index (χ4n) is 2.49. The third-order valence-corrected chi connectivity index (χ3v) is 7.08. The molecule has 0 bridgehead atoms. The molecule has 0 radical (unpaired) electrons. The summed E-state index contributed by atoms with van der Waals surface area (Å²) in [7, 11) is -7.70. The molecule has 8 heteroatoms. The van der Waals surface area contributed by atoms with Gasteiger partial charge in [-0.3, -0.25) is 0 Å². The van der Waals surface area contributed by atoms with Crippen LogP contribution in [0.25, 0.3) is 0 Å². The molecule has 0 spiro atoms. The average Bonchev–Trinajstić information content (AvgIpc) is 3.15. The molecule has 0 saturated carbocycles. The Balaban J connectivity index is 1.87. The van der Waals surface area contributed by atoms with Gasteiger partial charge < -0.3 is 0 Å². The number of rotatable bonds is 6. The topological polar surface area (TPSA) is 85.2 Å². The van der Waals surface area contributed by atoms with E-state index in [9.17, 15) is 16.8 Å². The van der Waals surface area contributed by atoms with E-state index in [1.54, 1.807) is 25.1 Å². The zero-order chi connectivity index (χ0) is 18.8. The van der Waals surface area contributed by atoms with Crippen LogP contribution in [0.5, 0.6) is 0 Å². The fourth-order valence-corrected chi connectivity index (χ4v) is 5.01. The number of benzene rings is 2. The van der Waals surface area contributed by atoms with Crippen LogP contribution in [0.15, 0.2) is 88.9 Å². The van der Waals surface area contributed by atoms with Crippen LogP contribution < -0.4 is 4.72 Å². The van der Waals surface area contributed by atoms with Crippen molar-refractivity contribution in [2.24, 2.45) is 0 Å². The van der Waals surface area contributed by atoms with Crippen LogP contribution in [0.2, 0.25) is 0 Å². The van der Waals surface area contributed by atoms with Gasteiger partial charge in [0.2, 0.25) is 10.0 Å². The molecular weight excluding hydrogens is 372 g/mol. The Morgan fingerprint density at radius 1 is 0.808 bits per heavy atom. The second-order valence-electron chi connectivity index (χ2n) is 5.75. The summed E-state index contributed by atoms with van der Waals surface area (Å²) < 4.78 is 53.7. The molecule has 1 atom stereocenters. The van der Waals surface area contributed by atoms with Gasteiger partial charge in [-0.2, -0.15) is 0 Å². The van der Waals surface area contributed by atoms with E-state index in [-0.39, 0.29) is 9.79 Å². The standard InChI is InChI=1S/C18H18N2O4S2/c1-15(16-8-4-2-5-9-16)19-25(21,22)18-12-13-20(14-18)26(23,24)17-10-6-3-7-11-17/h2-15,19H,1H3. The summed E-state index contributed by atoms with van der Waals surface area (Å²) in [5.74, 6) is 0. The van der Waals surface area contributed by atoms with Crippen LogP contribution in [-0.4, -0.2) is 20.8 Å². The van der Waals surface area contributed by atoms with Crippen molar-refractivity contribution in [3.63, 3.8) is 0 Å².